The van der Waals surface area contributed by atoms with Gasteiger partial charge in [0, 0.05) is 0 Å². The molecular weight excluding hydrogens is 607 g/mol. The summed E-state index contributed by atoms with van der Waals surface area (Å²) < 4.78 is 1.42. The number of fused-ring (bicyclic) bond motifs is 2. The molecule has 0 nitrogen and oxygen atoms in total. The van der Waals surface area contributed by atoms with E-state index in [1.54, 1.807) is 0 Å². The van der Waals surface area contributed by atoms with Crippen molar-refractivity contribution in [3.8, 4) is 0 Å². The summed E-state index contributed by atoms with van der Waals surface area (Å²) in [4.78, 5) is 0. The summed E-state index contributed by atoms with van der Waals surface area (Å²) >= 11 is 1.46. The maximum absolute atomic E-state index is 2.28. The Morgan fingerprint density at radius 1 is 0.500 bits per heavy atom. The van der Waals surface area contributed by atoms with Crippen LogP contribution in [-0.4, -0.2) is 3.21 Å². The first-order chi connectivity index (χ1) is 18.4. The molecule has 0 heterocycles. The van der Waals surface area contributed by atoms with Crippen LogP contribution in [0.15, 0.2) is 133 Å². The first kappa shape index (κ1) is 33.6. The third kappa shape index (κ3) is 9.24. The third-order valence-electron chi connectivity index (χ3n) is 6.74. The third-order valence-corrected chi connectivity index (χ3v) is 8.16. The zero-order chi connectivity index (χ0) is 26.9. The Morgan fingerprint density at radius 2 is 0.825 bits per heavy atom. The van der Waals surface area contributed by atoms with Gasteiger partial charge in [-0.1, -0.05) is 39.8 Å². The second-order valence-electron chi connectivity index (χ2n) is 10.3. The topological polar surface area (TPSA) is 0 Å². The van der Waals surface area contributed by atoms with Gasteiger partial charge in [0.05, 0.1) is 0 Å². The van der Waals surface area contributed by atoms with Crippen molar-refractivity contribution in [2.75, 3.05) is 0 Å². The van der Waals surface area contributed by atoms with Crippen molar-refractivity contribution < 1.29 is 49.0 Å². The molecule has 0 bridgehead atoms. The van der Waals surface area contributed by atoms with Crippen LogP contribution >= 0.6 is 0 Å². The van der Waals surface area contributed by atoms with Gasteiger partial charge in [-0.2, -0.15) is 12.1 Å². The van der Waals surface area contributed by atoms with Crippen molar-refractivity contribution in [1.29, 1.82) is 0 Å². The van der Waals surface area contributed by atoms with Crippen LogP contribution in [0, 0.1) is 0 Å². The summed E-state index contributed by atoms with van der Waals surface area (Å²) in [6.45, 7) is 8.92. The van der Waals surface area contributed by atoms with E-state index in [0.29, 0.717) is 11.8 Å². The quantitative estimate of drug-likeness (QED) is 0.254. The Bertz CT molecular complexity index is 1390. The van der Waals surface area contributed by atoms with Crippen LogP contribution in [0.4, 0.5) is 0 Å². The Hall–Kier alpha value is -2.57. The summed E-state index contributed by atoms with van der Waals surface area (Å²) in [5.41, 5.74) is 5.54. The normalized spacial score (nSPS) is 10.2. The van der Waals surface area contributed by atoms with Crippen LogP contribution in [0.2, 0.25) is 0 Å². The molecule has 0 unspecified atom stereocenters. The Kier molecular flexibility index (Phi) is 14.0. The maximum atomic E-state index is 2.28. The molecule has 0 atom stereocenters. The molecular formula is C37H36Cl2Zr-2. The fourth-order valence-corrected chi connectivity index (χ4v) is 5.21. The SMILES string of the molecule is CC(C)c1cc2ccccc2[cH-]1.CC(C)c1cc2ccccc2[cH-]1.[Cl-].[Cl-].[Zr+2]=[C](c1ccccc1)c1ccccc1. The molecule has 0 spiro atoms. The van der Waals surface area contributed by atoms with Gasteiger partial charge in [-0.25, -0.2) is 0 Å². The van der Waals surface area contributed by atoms with Crippen molar-refractivity contribution >= 4 is 24.8 Å². The van der Waals surface area contributed by atoms with E-state index in [9.17, 15) is 0 Å². The molecule has 0 N–H and O–H groups in total. The van der Waals surface area contributed by atoms with E-state index < -0.39 is 0 Å². The van der Waals surface area contributed by atoms with E-state index >= 15 is 0 Å². The molecule has 6 aromatic rings. The predicted molar refractivity (Wildman–Crippen MR) is 163 cm³/mol. The molecule has 0 saturated carbocycles. The minimum atomic E-state index is 0. The summed E-state index contributed by atoms with van der Waals surface area (Å²) in [5.74, 6) is 1.27. The second-order valence-corrected chi connectivity index (χ2v) is 11.5. The number of benzene rings is 4. The second kappa shape index (κ2) is 16.6. The fourth-order valence-electron chi connectivity index (χ4n) is 4.39. The van der Waals surface area contributed by atoms with Crippen LogP contribution < -0.4 is 24.8 Å². The Balaban J connectivity index is 0.000000206. The molecule has 0 aliphatic rings. The molecule has 204 valence electrons. The zero-order valence-corrected chi connectivity index (χ0v) is 27.6. The molecule has 3 heteroatoms. The first-order valence-corrected chi connectivity index (χ1v) is 14.7. The van der Waals surface area contributed by atoms with Crippen molar-refractivity contribution in [2.45, 2.75) is 39.5 Å². The van der Waals surface area contributed by atoms with Gasteiger partial charge < -0.3 is 24.8 Å². The van der Waals surface area contributed by atoms with Crippen molar-refractivity contribution in [3.05, 3.63) is 156 Å². The number of halogens is 2. The van der Waals surface area contributed by atoms with Crippen LogP contribution in [0.3, 0.4) is 0 Å². The number of rotatable bonds is 4. The summed E-state index contributed by atoms with van der Waals surface area (Å²) in [6.07, 6.45) is 0. The van der Waals surface area contributed by atoms with E-state index in [-0.39, 0.29) is 24.8 Å². The molecule has 6 aromatic carbocycles. The molecule has 0 saturated heterocycles. The zero-order valence-electron chi connectivity index (χ0n) is 23.6. The summed E-state index contributed by atoms with van der Waals surface area (Å²) in [7, 11) is 0. The molecule has 6 rings (SSSR count). The van der Waals surface area contributed by atoms with E-state index in [1.807, 2.05) is 0 Å². The van der Waals surface area contributed by atoms with Crippen LogP contribution in [0.5, 0.6) is 0 Å². The van der Waals surface area contributed by atoms with Crippen molar-refractivity contribution in [2.24, 2.45) is 0 Å². The number of hydrogen-bond acceptors (Lipinski definition) is 0. The van der Waals surface area contributed by atoms with E-state index in [0.717, 1.165) is 0 Å². The fraction of sp³-hybridized carbons (Fsp3) is 0.162. The van der Waals surface area contributed by atoms with Gasteiger partial charge in [0.25, 0.3) is 0 Å². The van der Waals surface area contributed by atoms with E-state index in [1.165, 1.54) is 71.2 Å². The van der Waals surface area contributed by atoms with E-state index in [2.05, 4.69) is 161 Å². The van der Waals surface area contributed by atoms with Crippen molar-refractivity contribution in [3.63, 3.8) is 0 Å². The molecule has 0 fully saturated rings. The Morgan fingerprint density at radius 3 is 1.15 bits per heavy atom. The molecule has 40 heavy (non-hydrogen) atoms. The van der Waals surface area contributed by atoms with Gasteiger partial charge in [-0.3, -0.25) is 0 Å². The summed E-state index contributed by atoms with van der Waals surface area (Å²) in [6, 6.07) is 47.2. The summed E-state index contributed by atoms with van der Waals surface area (Å²) in [5, 5.41) is 5.45. The predicted octanol–water partition coefficient (Wildman–Crippen LogP) is 4.17. The van der Waals surface area contributed by atoms with Gasteiger partial charge in [0.1, 0.15) is 0 Å². The first-order valence-electron chi connectivity index (χ1n) is 13.4. The Labute approximate surface area is 267 Å². The van der Waals surface area contributed by atoms with Gasteiger partial charge in [0.15, 0.2) is 0 Å². The minimum absolute atomic E-state index is 0. The van der Waals surface area contributed by atoms with Gasteiger partial charge in [-0.15, -0.1) is 81.2 Å². The molecule has 0 aliphatic carbocycles. The van der Waals surface area contributed by atoms with Gasteiger partial charge in [0.2, 0.25) is 0 Å². The standard InChI is InChI=1S/C13H10.2C12H13.2ClH.Zr/c1-3-7-12(8-4-1)11-13-9-5-2-6-10-13;2*1-9(2)12-7-10-5-3-4-6-11(10)8-12;;;/h1-10H;2*3-9H,1-2H3;2*1H;/q;2*-1;;;+2/p-2. The van der Waals surface area contributed by atoms with Crippen molar-refractivity contribution in [1.82, 2.24) is 0 Å². The number of hydrogen-bond donors (Lipinski definition) is 0. The van der Waals surface area contributed by atoms with Gasteiger partial charge >= 0.3 is 99.2 Å². The average molecular weight is 643 g/mol. The van der Waals surface area contributed by atoms with Gasteiger partial charge in [-0.05, 0) is 11.8 Å². The van der Waals surface area contributed by atoms with E-state index in [4.69, 9.17) is 0 Å². The van der Waals surface area contributed by atoms with Crippen LogP contribution in [-0.2, 0) is 24.2 Å². The average Bonchev–Trinajstić information content (AvgIpc) is 3.59. The monoisotopic (exact) mass is 640 g/mol. The van der Waals surface area contributed by atoms with Crippen LogP contribution in [0.25, 0.3) is 21.5 Å². The molecule has 0 radical (unpaired) electrons. The molecule has 0 aromatic heterocycles. The van der Waals surface area contributed by atoms with Crippen LogP contribution in [0.1, 0.15) is 61.8 Å². The molecule has 0 aliphatic heterocycles. The molecule has 0 amide bonds.